The summed E-state index contributed by atoms with van der Waals surface area (Å²) in [5.41, 5.74) is 4.68. The SMILES string of the molecule is CCCCCc1ccc2c(F)c(-c3ccc(-c4ccc(C)cc4)c(F)c3)ccc2c1. The molecule has 0 aliphatic rings. The Balaban J connectivity index is 1.67. The molecule has 0 radical (unpaired) electrons. The van der Waals surface area contributed by atoms with Crippen LogP contribution in [0, 0.1) is 18.6 Å². The summed E-state index contributed by atoms with van der Waals surface area (Å²) in [6.07, 6.45) is 4.55. The van der Waals surface area contributed by atoms with Gasteiger partial charge >= 0.3 is 0 Å². The molecule has 0 aromatic heterocycles. The van der Waals surface area contributed by atoms with Crippen LogP contribution in [0.2, 0.25) is 0 Å². The van der Waals surface area contributed by atoms with E-state index in [1.165, 1.54) is 24.5 Å². The van der Waals surface area contributed by atoms with Crippen molar-refractivity contribution in [1.82, 2.24) is 0 Å². The summed E-state index contributed by atoms with van der Waals surface area (Å²) in [5, 5.41) is 1.47. The molecule has 0 aliphatic heterocycles. The van der Waals surface area contributed by atoms with E-state index in [9.17, 15) is 4.39 Å². The summed E-state index contributed by atoms with van der Waals surface area (Å²) in [4.78, 5) is 0. The van der Waals surface area contributed by atoms with Gasteiger partial charge in [-0.3, -0.25) is 0 Å². The van der Waals surface area contributed by atoms with Gasteiger partial charge in [0, 0.05) is 16.5 Å². The highest BCUT2D eigenvalue weighted by atomic mass is 19.1. The number of unbranched alkanes of at least 4 members (excludes halogenated alkanes) is 2. The van der Waals surface area contributed by atoms with E-state index in [-0.39, 0.29) is 11.6 Å². The molecule has 0 saturated heterocycles. The van der Waals surface area contributed by atoms with Crippen LogP contribution in [-0.4, -0.2) is 0 Å². The van der Waals surface area contributed by atoms with Gasteiger partial charge in [-0.2, -0.15) is 0 Å². The van der Waals surface area contributed by atoms with Gasteiger partial charge in [0.05, 0.1) is 0 Å². The molecule has 30 heavy (non-hydrogen) atoms. The van der Waals surface area contributed by atoms with Crippen molar-refractivity contribution in [1.29, 1.82) is 0 Å². The highest BCUT2D eigenvalue weighted by molar-refractivity contribution is 5.89. The van der Waals surface area contributed by atoms with Gasteiger partial charge in [-0.15, -0.1) is 0 Å². The fraction of sp³-hybridized carbons (Fsp3) is 0.214. The minimum absolute atomic E-state index is 0.296. The lowest BCUT2D eigenvalue weighted by atomic mass is 9.95. The van der Waals surface area contributed by atoms with Crippen LogP contribution in [-0.2, 0) is 6.42 Å². The van der Waals surface area contributed by atoms with Crippen LogP contribution < -0.4 is 0 Å². The molecular weight excluding hydrogens is 374 g/mol. The number of halogens is 2. The van der Waals surface area contributed by atoms with Gasteiger partial charge in [0.15, 0.2) is 0 Å². The van der Waals surface area contributed by atoms with Gasteiger partial charge in [-0.1, -0.05) is 92.1 Å². The molecule has 0 aliphatic carbocycles. The van der Waals surface area contributed by atoms with E-state index >= 15 is 4.39 Å². The zero-order chi connectivity index (χ0) is 21.1. The van der Waals surface area contributed by atoms with Gasteiger partial charge in [0.2, 0.25) is 0 Å². The summed E-state index contributed by atoms with van der Waals surface area (Å²) in [6.45, 7) is 4.19. The number of benzene rings is 4. The molecule has 0 spiro atoms. The van der Waals surface area contributed by atoms with E-state index in [1.54, 1.807) is 18.2 Å². The molecule has 0 atom stereocenters. The molecule has 0 bridgehead atoms. The zero-order valence-corrected chi connectivity index (χ0v) is 17.5. The van der Waals surface area contributed by atoms with Crippen LogP contribution in [0.3, 0.4) is 0 Å². The summed E-state index contributed by atoms with van der Waals surface area (Å²) in [5.74, 6) is -0.641. The minimum Gasteiger partial charge on any atom is -0.206 e. The highest BCUT2D eigenvalue weighted by Crippen LogP contribution is 2.33. The summed E-state index contributed by atoms with van der Waals surface area (Å²) < 4.78 is 30.1. The van der Waals surface area contributed by atoms with Crippen molar-refractivity contribution in [3.8, 4) is 22.3 Å². The van der Waals surface area contributed by atoms with Crippen LogP contribution in [0.25, 0.3) is 33.0 Å². The molecule has 0 saturated carbocycles. The normalized spacial score (nSPS) is 11.2. The Morgan fingerprint density at radius 3 is 2.17 bits per heavy atom. The Hall–Kier alpha value is -3.00. The van der Waals surface area contributed by atoms with Crippen molar-refractivity contribution in [3.05, 3.63) is 95.6 Å². The lowest BCUT2D eigenvalue weighted by Gasteiger charge is -2.11. The topological polar surface area (TPSA) is 0 Å². The predicted molar refractivity (Wildman–Crippen MR) is 123 cm³/mol. The number of hydrogen-bond donors (Lipinski definition) is 0. The maximum absolute atomic E-state index is 15.3. The van der Waals surface area contributed by atoms with E-state index in [0.717, 1.165) is 29.4 Å². The quantitative estimate of drug-likeness (QED) is 0.285. The molecule has 0 heterocycles. The van der Waals surface area contributed by atoms with E-state index < -0.39 is 0 Å². The van der Waals surface area contributed by atoms with Crippen molar-refractivity contribution in [2.45, 2.75) is 39.5 Å². The van der Waals surface area contributed by atoms with Crippen LogP contribution >= 0.6 is 0 Å². The van der Waals surface area contributed by atoms with Crippen molar-refractivity contribution in [2.75, 3.05) is 0 Å². The molecule has 0 unspecified atom stereocenters. The van der Waals surface area contributed by atoms with Gasteiger partial charge in [0.25, 0.3) is 0 Å². The number of aryl methyl sites for hydroxylation is 2. The highest BCUT2D eigenvalue weighted by Gasteiger charge is 2.13. The summed E-state index contributed by atoms with van der Waals surface area (Å²) in [6, 6.07) is 22.3. The van der Waals surface area contributed by atoms with Gasteiger partial charge in [-0.25, -0.2) is 8.78 Å². The number of rotatable bonds is 6. The van der Waals surface area contributed by atoms with Crippen LogP contribution in [0.15, 0.2) is 72.8 Å². The lowest BCUT2D eigenvalue weighted by Crippen LogP contribution is -1.92. The van der Waals surface area contributed by atoms with Crippen LogP contribution in [0.4, 0.5) is 8.78 Å². The second kappa shape index (κ2) is 8.79. The average molecular weight is 401 g/mol. The Kier molecular flexibility index (Phi) is 5.94. The van der Waals surface area contributed by atoms with E-state index in [4.69, 9.17) is 0 Å². The molecule has 0 fully saturated rings. The summed E-state index contributed by atoms with van der Waals surface area (Å²) in [7, 11) is 0. The van der Waals surface area contributed by atoms with Crippen molar-refractivity contribution >= 4 is 10.8 Å². The monoisotopic (exact) mass is 400 g/mol. The first kappa shape index (κ1) is 20.3. The van der Waals surface area contributed by atoms with Crippen LogP contribution in [0.1, 0.15) is 37.3 Å². The maximum Gasteiger partial charge on any atom is 0.138 e. The zero-order valence-electron chi connectivity index (χ0n) is 17.5. The average Bonchev–Trinajstić information content (AvgIpc) is 2.75. The smallest absolute Gasteiger partial charge is 0.138 e. The van der Waals surface area contributed by atoms with E-state index in [2.05, 4.69) is 13.0 Å². The molecule has 0 amide bonds. The first-order chi connectivity index (χ1) is 14.6. The predicted octanol–water partition coefficient (Wildman–Crippen LogP) is 8.49. The Morgan fingerprint density at radius 2 is 1.43 bits per heavy atom. The van der Waals surface area contributed by atoms with Crippen LogP contribution in [0.5, 0.6) is 0 Å². The second-order valence-corrected chi connectivity index (χ2v) is 8.00. The fourth-order valence-corrected chi connectivity index (χ4v) is 3.95. The van der Waals surface area contributed by atoms with Crippen molar-refractivity contribution in [2.24, 2.45) is 0 Å². The Morgan fingerprint density at radius 1 is 0.700 bits per heavy atom. The third-order valence-corrected chi connectivity index (χ3v) is 5.73. The first-order valence-electron chi connectivity index (χ1n) is 10.6. The molecule has 4 aromatic rings. The lowest BCUT2D eigenvalue weighted by molar-refractivity contribution is 0.630. The largest absolute Gasteiger partial charge is 0.206 e. The fourth-order valence-electron chi connectivity index (χ4n) is 3.95. The molecule has 0 N–H and O–H groups in total. The molecule has 4 aromatic carbocycles. The standard InChI is InChI=1S/C28H26F2/c1-3-4-5-6-20-9-14-25-22(17-20)13-16-26(28(25)30)23-12-15-24(27(29)18-23)21-10-7-19(2)8-11-21/h7-18H,3-6H2,1-2H3. The third kappa shape index (κ3) is 4.14. The molecule has 4 rings (SSSR count). The van der Waals surface area contributed by atoms with Gasteiger partial charge in [0.1, 0.15) is 11.6 Å². The van der Waals surface area contributed by atoms with Gasteiger partial charge < -0.3 is 0 Å². The number of fused-ring (bicyclic) bond motifs is 1. The molecular formula is C28H26F2. The maximum atomic E-state index is 15.3. The Labute approximate surface area is 177 Å². The molecule has 152 valence electrons. The minimum atomic E-state index is -0.345. The molecule has 0 nitrogen and oxygen atoms in total. The second-order valence-electron chi connectivity index (χ2n) is 8.00. The first-order valence-corrected chi connectivity index (χ1v) is 10.6. The summed E-state index contributed by atoms with van der Waals surface area (Å²) >= 11 is 0. The van der Waals surface area contributed by atoms with Crippen molar-refractivity contribution < 1.29 is 8.78 Å². The van der Waals surface area contributed by atoms with Crippen molar-refractivity contribution in [3.63, 3.8) is 0 Å². The molecule has 2 heteroatoms. The Bertz CT molecular complexity index is 1170. The van der Waals surface area contributed by atoms with Gasteiger partial charge in [-0.05, 0) is 47.9 Å². The van der Waals surface area contributed by atoms with E-state index in [0.29, 0.717) is 22.1 Å². The number of hydrogen-bond acceptors (Lipinski definition) is 0. The third-order valence-electron chi connectivity index (χ3n) is 5.73. The van der Waals surface area contributed by atoms with E-state index in [1.807, 2.05) is 49.4 Å².